The van der Waals surface area contributed by atoms with Gasteiger partial charge in [0.2, 0.25) is 0 Å². The van der Waals surface area contributed by atoms with E-state index in [0.717, 1.165) is 13.0 Å². The molecule has 4 atom stereocenters. The number of likely N-dealkylation sites (tertiary alicyclic amines) is 1. The molecule has 3 heteroatoms. The molecule has 1 heterocycles. The molecule has 1 saturated heterocycles. The van der Waals surface area contributed by atoms with E-state index < -0.39 is 0 Å². The normalized spacial score (nSPS) is 37.2. The summed E-state index contributed by atoms with van der Waals surface area (Å²) in [7, 11) is 0. The van der Waals surface area contributed by atoms with Gasteiger partial charge in [-0.1, -0.05) is 0 Å². The van der Waals surface area contributed by atoms with Crippen LogP contribution in [0.1, 0.15) is 59.4 Å². The number of nitrogens with zero attached hydrogens (tertiary/aromatic N) is 1. The fourth-order valence-corrected chi connectivity index (χ4v) is 10.0. The van der Waals surface area contributed by atoms with Crippen molar-refractivity contribution in [3.63, 3.8) is 0 Å². The molecule has 1 aliphatic heterocycles. The van der Waals surface area contributed by atoms with Crippen LogP contribution in [-0.4, -0.2) is 38.2 Å². The summed E-state index contributed by atoms with van der Waals surface area (Å²) >= 11 is 0.428. The summed E-state index contributed by atoms with van der Waals surface area (Å²) in [5.74, 6) is 1.24. The molecule has 1 aromatic rings. The van der Waals surface area contributed by atoms with Gasteiger partial charge in [-0.15, -0.1) is 0 Å². The number of hydrogen-bond acceptors (Lipinski definition) is 2. The quantitative estimate of drug-likeness (QED) is 0.595. The number of ketones is 1. The second-order valence-corrected chi connectivity index (χ2v) is 13.2. The van der Waals surface area contributed by atoms with Crippen LogP contribution in [0.4, 0.5) is 0 Å². The van der Waals surface area contributed by atoms with Crippen molar-refractivity contribution in [1.82, 2.24) is 4.90 Å². The number of carbonyl (C=O) groups excluding carboxylic acids is 1. The Kier molecular flexibility index (Phi) is 4.89. The molecule has 3 aliphatic rings. The number of Topliss-reactive ketones (excluding diaryl/α,β-unsaturated/α-hetero) is 1. The molecule has 1 aromatic carbocycles. The van der Waals surface area contributed by atoms with Gasteiger partial charge in [0.15, 0.2) is 0 Å². The Morgan fingerprint density at radius 3 is 2.44 bits per heavy atom. The standard InChI is InChI=1S/C24H35NOSe/c1-22(2)13-18(25(16-22)14-17-9-7-6-8-10-17)15-27-20-19-11-12-24(5,21(20)26)23(19,3)4/h6-10,18-20H,11-16H2,1-5H3/t18?,19-,20+,24+/m1/s1. The third kappa shape index (κ3) is 3.24. The van der Waals surface area contributed by atoms with E-state index in [1.54, 1.807) is 0 Å². The molecular weight excluding hydrogens is 397 g/mol. The van der Waals surface area contributed by atoms with Gasteiger partial charge in [-0.2, -0.15) is 0 Å². The molecule has 148 valence electrons. The zero-order valence-corrected chi connectivity index (χ0v) is 19.3. The Balaban J connectivity index is 1.44. The number of hydrogen-bond donors (Lipinski definition) is 0. The molecule has 3 fully saturated rings. The second-order valence-electron chi connectivity index (χ2n) is 10.7. The van der Waals surface area contributed by atoms with Gasteiger partial charge in [-0.3, -0.25) is 0 Å². The van der Waals surface area contributed by atoms with Gasteiger partial charge in [0, 0.05) is 0 Å². The number of rotatable bonds is 5. The van der Waals surface area contributed by atoms with Crippen LogP contribution in [0, 0.1) is 22.2 Å². The van der Waals surface area contributed by atoms with E-state index in [0.29, 0.717) is 42.9 Å². The predicted molar refractivity (Wildman–Crippen MR) is 113 cm³/mol. The first-order chi connectivity index (χ1) is 12.6. The van der Waals surface area contributed by atoms with Crippen LogP contribution in [0.5, 0.6) is 0 Å². The molecule has 2 aliphatic carbocycles. The van der Waals surface area contributed by atoms with Gasteiger partial charge in [0.25, 0.3) is 0 Å². The van der Waals surface area contributed by atoms with Crippen molar-refractivity contribution < 1.29 is 4.79 Å². The van der Waals surface area contributed by atoms with Crippen LogP contribution in [0.3, 0.4) is 0 Å². The minimum atomic E-state index is -0.0528. The third-order valence-corrected chi connectivity index (χ3v) is 11.2. The zero-order chi connectivity index (χ0) is 19.4. The number of benzene rings is 1. The third-order valence-electron chi connectivity index (χ3n) is 8.10. The molecule has 2 bridgehead atoms. The van der Waals surface area contributed by atoms with E-state index in [-0.39, 0.29) is 10.8 Å². The maximum atomic E-state index is 13.2. The van der Waals surface area contributed by atoms with Crippen LogP contribution in [0.2, 0.25) is 10.1 Å². The van der Waals surface area contributed by atoms with Crippen molar-refractivity contribution in [3.8, 4) is 0 Å². The fraction of sp³-hybridized carbons (Fsp3) is 0.708. The van der Waals surface area contributed by atoms with Crippen LogP contribution >= 0.6 is 0 Å². The number of fused-ring (bicyclic) bond motifs is 2. The van der Waals surface area contributed by atoms with Gasteiger partial charge in [0.1, 0.15) is 0 Å². The average Bonchev–Trinajstić information content (AvgIpc) is 3.07. The SMILES string of the molecule is CC1(C)CC(C[Se][C@@H]2C(=O)[C@]3(C)CC[C@H]2C3(C)C)N(Cc2ccccc2)C1. The molecule has 1 unspecified atom stereocenters. The van der Waals surface area contributed by atoms with E-state index in [4.69, 9.17) is 0 Å². The van der Waals surface area contributed by atoms with Crippen LogP contribution in [0.25, 0.3) is 0 Å². The molecule has 2 nitrogen and oxygen atoms in total. The summed E-state index contributed by atoms with van der Waals surface area (Å²) in [6.45, 7) is 14.0. The summed E-state index contributed by atoms with van der Waals surface area (Å²) in [5.41, 5.74) is 1.95. The van der Waals surface area contributed by atoms with Crippen molar-refractivity contribution in [2.24, 2.45) is 22.2 Å². The van der Waals surface area contributed by atoms with Crippen molar-refractivity contribution in [3.05, 3.63) is 35.9 Å². The van der Waals surface area contributed by atoms with Gasteiger partial charge >= 0.3 is 172 Å². The molecule has 4 rings (SSSR count). The zero-order valence-electron chi connectivity index (χ0n) is 17.6. The van der Waals surface area contributed by atoms with Gasteiger partial charge in [-0.25, -0.2) is 0 Å². The van der Waals surface area contributed by atoms with E-state index in [2.05, 4.69) is 69.9 Å². The molecule has 0 amide bonds. The van der Waals surface area contributed by atoms with Crippen molar-refractivity contribution in [2.45, 2.75) is 76.6 Å². The number of carbonyl (C=O) groups is 1. The maximum absolute atomic E-state index is 13.2. The van der Waals surface area contributed by atoms with Crippen LogP contribution in [-0.2, 0) is 11.3 Å². The summed E-state index contributed by atoms with van der Waals surface area (Å²) < 4.78 is 0. The van der Waals surface area contributed by atoms with Gasteiger partial charge in [-0.05, 0) is 0 Å². The predicted octanol–water partition coefficient (Wildman–Crippen LogP) is 5.22. The van der Waals surface area contributed by atoms with E-state index in [1.807, 2.05) is 0 Å². The van der Waals surface area contributed by atoms with Crippen LogP contribution in [0.15, 0.2) is 30.3 Å². The molecule has 0 N–H and O–H groups in total. The summed E-state index contributed by atoms with van der Waals surface area (Å²) in [6.07, 6.45) is 3.66. The van der Waals surface area contributed by atoms with E-state index >= 15 is 0 Å². The molecule has 27 heavy (non-hydrogen) atoms. The van der Waals surface area contributed by atoms with Crippen molar-refractivity contribution in [2.75, 3.05) is 6.54 Å². The molecule has 0 spiro atoms. The summed E-state index contributed by atoms with van der Waals surface area (Å²) in [4.78, 5) is 16.3. The first-order valence-electron chi connectivity index (χ1n) is 10.6. The van der Waals surface area contributed by atoms with E-state index in [9.17, 15) is 4.79 Å². The molecule has 0 radical (unpaired) electrons. The molecule has 0 aromatic heterocycles. The minimum absolute atomic E-state index is 0.0528. The first kappa shape index (κ1) is 19.7. The van der Waals surface area contributed by atoms with Gasteiger partial charge < -0.3 is 0 Å². The first-order valence-corrected chi connectivity index (χ1v) is 12.8. The summed E-state index contributed by atoms with van der Waals surface area (Å²) in [5, 5.41) is 1.24. The fourth-order valence-electron chi connectivity index (χ4n) is 6.09. The van der Waals surface area contributed by atoms with E-state index in [1.165, 1.54) is 30.3 Å². The van der Waals surface area contributed by atoms with Crippen molar-refractivity contribution >= 4 is 20.7 Å². The van der Waals surface area contributed by atoms with Crippen molar-refractivity contribution in [1.29, 1.82) is 0 Å². The molecule has 2 saturated carbocycles. The Morgan fingerprint density at radius 2 is 1.81 bits per heavy atom. The molecular formula is C24H35NOSe. The Hall–Kier alpha value is -0.631. The van der Waals surface area contributed by atoms with Crippen LogP contribution < -0.4 is 0 Å². The Morgan fingerprint density at radius 1 is 1.11 bits per heavy atom. The summed E-state index contributed by atoms with van der Waals surface area (Å²) in [6, 6.07) is 11.5. The Bertz CT molecular complexity index is 712. The van der Waals surface area contributed by atoms with Gasteiger partial charge in [0.05, 0.1) is 0 Å². The average molecular weight is 433 g/mol. The second kappa shape index (κ2) is 6.71. The Labute approximate surface area is 171 Å². The topological polar surface area (TPSA) is 20.3 Å². The monoisotopic (exact) mass is 433 g/mol.